The maximum atomic E-state index is 3.81. The summed E-state index contributed by atoms with van der Waals surface area (Å²) in [6.45, 7) is 12.1. The lowest BCUT2D eigenvalue weighted by Gasteiger charge is -2.29. The molecule has 1 aromatic heterocycles. The second-order valence-electron chi connectivity index (χ2n) is 9.78. The fourth-order valence-electron chi connectivity index (χ4n) is 5.46. The number of benzene rings is 1. The molecule has 0 spiro atoms. The summed E-state index contributed by atoms with van der Waals surface area (Å²) < 4.78 is 0. The van der Waals surface area contributed by atoms with Crippen molar-refractivity contribution in [1.82, 2.24) is 10.3 Å². The van der Waals surface area contributed by atoms with Gasteiger partial charge in [-0.25, -0.2) is 0 Å². The average molecular weight is 339 g/mol. The third kappa shape index (κ3) is 3.26. The monoisotopic (exact) mass is 338 g/mol. The molecule has 3 unspecified atom stereocenters. The molecule has 2 heteroatoms. The van der Waals surface area contributed by atoms with Crippen LogP contribution in [-0.4, -0.2) is 18.1 Å². The lowest BCUT2D eigenvalue weighted by molar-refractivity contribution is 0.321. The van der Waals surface area contributed by atoms with E-state index in [0.29, 0.717) is 5.41 Å². The summed E-state index contributed by atoms with van der Waals surface area (Å²) in [6, 6.07) is 8.86. The van der Waals surface area contributed by atoms with E-state index in [1.807, 2.05) is 0 Å². The van der Waals surface area contributed by atoms with Crippen LogP contribution in [0.2, 0.25) is 0 Å². The summed E-state index contributed by atoms with van der Waals surface area (Å²) in [5.74, 6) is 1.73. The molecule has 1 saturated carbocycles. The Balaban J connectivity index is 1.73. The summed E-state index contributed by atoms with van der Waals surface area (Å²) in [7, 11) is 0. The molecule has 1 aromatic carbocycles. The third-order valence-electron chi connectivity index (χ3n) is 6.93. The van der Waals surface area contributed by atoms with E-state index in [4.69, 9.17) is 0 Å². The van der Waals surface area contributed by atoms with Crippen molar-refractivity contribution in [1.29, 1.82) is 0 Å². The predicted molar refractivity (Wildman–Crippen MR) is 107 cm³/mol. The number of fused-ring (bicyclic) bond motifs is 4. The minimum absolute atomic E-state index is 0.206. The lowest BCUT2D eigenvalue weighted by Crippen LogP contribution is -2.26. The Kier molecular flexibility index (Phi) is 4.22. The molecule has 2 aliphatic rings. The molecule has 0 saturated heterocycles. The quantitative estimate of drug-likeness (QED) is 0.659. The van der Waals surface area contributed by atoms with Crippen LogP contribution >= 0.6 is 0 Å². The molecule has 25 heavy (non-hydrogen) atoms. The van der Waals surface area contributed by atoms with E-state index in [-0.39, 0.29) is 5.41 Å². The van der Waals surface area contributed by atoms with Gasteiger partial charge in [-0.3, -0.25) is 0 Å². The SMILES string of the molecule is CC1CCC2CC2(C)CC(C)(C)c2[nH]c3ccccc3c2CCNC1. The summed E-state index contributed by atoms with van der Waals surface area (Å²) in [5.41, 5.74) is 5.07. The highest BCUT2D eigenvalue weighted by Crippen LogP contribution is 2.61. The van der Waals surface area contributed by atoms with Gasteiger partial charge in [-0.15, -0.1) is 0 Å². The summed E-state index contributed by atoms with van der Waals surface area (Å²) in [5, 5.41) is 5.14. The fraction of sp³-hybridized carbons (Fsp3) is 0.652. The van der Waals surface area contributed by atoms with Crippen molar-refractivity contribution in [3.05, 3.63) is 35.5 Å². The number of aromatic amines is 1. The summed E-state index contributed by atoms with van der Waals surface area (Å²) >= 11 is 0. The van der Waals surface area contributed by atoms with Crippen molar-refractivity contribution in [3.8, 4) is 0 Å². The average Bonchev–Trinajstić information content (AvgIpc) is 3.02. The highest BCUT2D eigenvalue weighted by Gasteiger charge is 2.52. The van der Waals surface area contributed by atoms with E-state index < -0.39 is 0 Å². The fourth-order valence-corrected chi connectivity index (χ4v) is 5.46. The molecular formula is C23H34N2. The molecule has 0 bridgehead atoms. The Morgan fingerprint density at radius 3 is 2.72 bits per heavy atom. The van der Waals surface area contributed by atoms with Crippen molar-refractivity contribution in [2.45, 2.75) is 65.2 Å². The van der Waals surface area contributed by atoms with Crippen LogP contribution in [0.15, 0.2) is 24.3 Å². The number of H-pyrrole nitrogens is 1. The van der Waals surface area contributed by atoms with Crippen LogP contribution in [0.25, 0.3) is 10.9 Å². The Labute approximate surface area is 152 Å². The first-order chi connectivity index (χ1) is 11.9. The van der Waals surface area contributed by atoms with E-state index in [2.05, 4.69) is 62.3 Å². The van der Waals surface area contributed by atoms with Crippen LogP contribution in [0, 0.1) is 17.3 Å². The Hall–Kier alpha value is -1.28. The van der Waals surface area contributed by atoms with E-state index in [1.54, 1.807) is 5.56 Å². The van der Waals surface area contributed by atoms with Gasteiger partial charge >= 0.3 is 0 Å². The Morgan fingerprint density at radius 2 is 1.88 bits per heavy atom. The van der Waals surface area contributed by atoms with Crippen LogP contribution < -0.4 is 5.32 Å². The van der Waals surface area contributed by atoms with Gasteiger partial charge in [-0.1, -0.05) is 45.9 Å². The zero-order chi connectivity index (χ0) is 17.7. The van der Waals surface area contributed by atoms with Crippen LogP contribution in [0.3, 0.4) is 0 Å². The minimum Gasteiger partial charge on any atom is -0.358 e. The topological polar surface area (TPSA) is 27.8 Å². The van der Waals surface area contributed by atoms with Gasteiger partial charge in [0.1, 0.15) is 0 Å². The van der Waals surface area contributed by atoms with Gasteiger partial charge in [0, 0.05) is 22.0 Å². The number of nitrogens with one attached hydrogen (secondary N) is 2. The molecule has 0 amide bonds. The molecule has 2 aromatic rings. The number of hydrogen-bond acceptors (Lipinski definition) is 1. The van der Waals surface area contributed by atoms with Crippen LogP contribution in [-0.2, 0) is 11.8 Å². The molecule has 1 aliphatic heterocycles. The first kappa shape index (κ1) is 17.1. The number of para-hydroxylation sites is 1. The van der Waals surface area contributed by atoms with Gasteiger partial charge in [0.05, 0.1) is 0 Å². The zero-order valence-corrected chi connectivity index (χ0v) is 16.4. The van der Waals surface area contributed by atoms with Crippen LogP contribution in [0.4, 0.5) is 0 Å². The summed E-state index contributed by atoms with van der Waals surface area (Å²) in [4.78, 5) is 3.81. The van der Waals surface area contributed by atoms with Gasteiger partial charge in [0.25, 0.3) is 0 Å². The van der Waals surface area contributed by atoms with E-state index in [1.165, 1.54) is 42.3 Å². The number of rotatable bonds is 0. The molecule has 2 heterocycles. The largest absolute Gasteiger partial charge is 0.358 e. The number of hydrogen-bond donors (Lipinski definition) is 2. The molecule has 2 nitrogen and oxygen atoms in total. The Morgan fingerprint density at radius 1 is 1.08 bits per heavy atom. The molecular weight excluding hydrogens is 304 g/mol. The van der Waals surface area contributed by atoms with Gasteiger partial charge in [-0.05, 0) is 74.1 Å². The van der Waals surface area contributed by atoms with Crippen LogP contribution in [0.1, 0.15) is 64.6 Å². The molecule has 1 fully saturated rings. The van der Waals surface area contributed by atoms with E-state index in [0.717, 1.165) is 31.3 Å². The van der Waals surface area contributed by atoms with Gasteiger partial charge in [-0.2, -0.15) is 0 Å². The Bertz CT molecular complexity index is 757. The second kappa shape index (κ2) is 6.16. The second-order valence-corrected chi connectivity index (χ2v) is 9.78. The first-order valence-corrected chi connectivity index (χ1v) is 10.2. The minimum atomic E-state index is 0.206. The van der Waals surface area contributed by atoms with Crippen molar-refractivity contribution in [2.24, 2.45) is 17.3 Å². The highest BCUT2D eigenvalue weighted by atomic mass is 14.9. The standard InChI is InChI=1S/C23H34N2/c1-16-9-10-17-13-23(17,4)15-22(2,3)21-19(11-12-24-14-16)18-7-5-6-8-20(18)25-21/h5-8,16-17,24-25H,9-15H2,1-4H3. The highest BCUT2D eigenvalue weighted by molar-refractivity contribution is 5.85. The number of aromatic nitrogens is 1. The third-order valence-corrected chi connectivity index (χ3v) is 6.93. The van der Waals surface area contributed by atoms with Crippen molar-refractivity contribution in [2.75, 3.05) is 13.1 Å². The summed E-state index contributed by atoms with van der Waals surface area (Å²) in [6.07, 6.45) is 6.63. The lowest BCUT2D eigenvalue weighted by atomic mass is 9.76. The van der Waals surface area contributed by atoms with Crippen LogP contribution in [0.5, 0.6) is 0 Å². The smallest absolute Gasteiger partial charge is 0.0459 e. The van der Waals surface area contributed by atoms with E-state index >= 15 is 0 Å². The first-order valence-electron chi connectivity index (χ1n) is 10.2. The van der Waals surface area contributed by atoms with Crippen molar-refractivity contribution < 1.29 is 0 Å². The maximum absolute atomic E-state index is 3.81. The predicted octanol–water partition coefficient (Wildman–Crippen LogP) is 5.42. The molecule has 2 N–H and O–H groups in total. The molecule has 0 radical (unpaired) electrons. The molecule has 136 valence electrons. The molecule has 3 atom stereocenters. The normalized spacial score (nSPS) is 32.8. The van der Waals surface area contributed by atoms with Crippen molar-refractivity contribution in [3.63, 3.8) is 0 Å². The zero-order valence-electron chi connectivity index (χ0n) is 16.4. The maximum Gasteiger partial charge on any atom is 0.0459 e. The molecule has 4 rings (SSSR count). The molecule has 1 aliphatic carbocycles. The van der Waals surface area contributed by atoms with Gasteiger partial charge in [0.15, 0.2) is 0 Å². The van der Waals surface area contributed by atoms with Gasteiger partial charge < -0.3 is 10.3 Å². The van der Waals surface area contributed by atoms with Crippen molar-refractivity contribution >= 4 is 10.9 Å². The van der Waals surface area contributed by atoms with E-state index in [9.17, 15) is 0 Å². The van der Waals surface area contributed by atoms with Gasteiger partial charge in [0.2, 0.25) is 0 Å².